The van der Waals surface area contributed by atoms with Gasteiger partial charge in [0.05, 0.1) is 0 Å². The van der Waals surface area contributed by atoms with Crippen LogP contribution in [0.2, 0.25) is 0 Å². The quantitative estimate of drug-likeness (QED) is 0.731. The Labute approximate surface area is 101 Å². The molecule has 1 aromatic carbocycles. The number of carbonyl (C=O) groups excluding carboxylic acids is 1. The summed E-state index contributed by atoms with van der Waals surface area (Å²) in [5.41, 5.74) is 5.18. The number of benzene rings is 1. The lowest BCUT2D eigenvalue weighted by molar-refractivity contribution is 0.101. The van der Waals surface area contributed by atoms with Crippen molar-refractivity contribution < 1.29 is 4.79 Å². The first-order valence-corrected chi connectivity index (χ1v) is 5.62. The van der Waals surface area contributed by atoms with Gasteiger partial charge in [-0.3, -0.25) is 9.78 Å². The standard InChI is InChI=1S/C15H15NO/c1-10-4-5-11(2)14(8-10)13-6-7-15(12(3)17)16-9-13/h4-9H,1-3H3. The van der Waals surface area contributed by atoms with Crippen molar-refractivity contribution in [2.24, 2.45) is 0 Å². The highest BCUT2D eigenvalue weighted by Crippen LogP contribution is 2.23. The van der Waals surface area contributed by atoms with Gasteiger partial charge in [-0.2, -0.15) is 0 Å². The molecule has 2 aromatic rings. The van der Waals surface area contributed by atoms with Gasteiger partial charge in [-0.25, -0.2) is 0 Å². The molecule has 1 aromatic heterocycles. The molecule has 0 aliphatic rings. The van der Waals surface area contributed by atoms with E-state index in [0.717, 1.165) is 5.56 Å². The lowest BCUT2D eigenvalue weighted by Crippen LogP contribution is -1.96. The Kier molecular flexibility index (Phi) is 3.05. The Balaban J connectivity index is 2.46. The lowest BCUT2D eigenvalue weighted by Gasteiger charge is -2.07. The van der Waals surface area contributed by atoms with Crippen LogP contribution in [0.1, 0.15) is 28.5 Å². The SMILES string of the molecule is CC(=O)c1ccc(-c2cc(C)ccc2C)cn1. The maximum Gasteiger partial charge on any atom is 0.178 e. The van der Waals surface area contributed by atoms with Crippen molar-refractivity contribution in [1.29, 1.82) is 0 Å². The molecule has 0 unspecified atom stereocenters. The molecule has 0 N–H and O–H groups in total. The van der Waals surface area contributed by atoms with Crippen LogP contribution < -0.4 is 0 Å². The van der Waals surface area contributed by atoms with Crippen molar-refractivity contribution in [2.75, 3.05) is 0 Å². The van der Waals surface area contributed by atoms with E-state index in [1.807, 2.05) is 6.07 Å². The fourth-order valence-corrected chi connectivity index (χ4v) is 1.81. The second-order valence-electron chi connectivity index (χ2n) is 4.31. The number of hydrogen-bond acceptors (Lipinski definition) is 2. The Hall–Kier alpha value is -1.96. The first kappa shape index (κ1) is 11.5. The fraction of sp³-hybridized carbons (Fsp3) is 0.200. The van der Waals surface area contributed by atoms with Gasteiger partial charge in [0.2, 0.25) is 0 Å². The molecule has 0 bridgehead atoms. The van der Waals surface area contributed by atoms with Gasteiger partial charge < -0.3 is 0 Å². The molecule has 86 valence electrons. The minimum Gasteiger partial charge on any atom is -0.293 e. The van der Waals surface area contributed by atoms with E-state index >= 15 is 0 Å². The third kappa shape index (κ3) is 2.41. The molecule has 0 radical (unpaired) electrons. The smallest absolute Gasteiger partial charge is 0.178 e. The van der Waals surface area contributed by atoms with E-state index in [2.05, 4.69) is 37.0 Å². The van der Waals surface area contributed by atoms with Crippen molar-refractivity contribution in [3.63, 3.8) is 0 Å². The zero-order valence-corrected chi connectivity index (χ0v) is 10.3. The van der Waals surface area contributed by atoms with Gasteiger partial charge in [0.1, 0.15) is 5.69 Å². The summed E-state index contributed by atoms with van der Waals surface area (Å²) in [6.07, 6.45) is 1.76. The predicted molar refractivity (Wildman–Crippen MR) is 69.2 cm³/mol. The Morgan fingerprint density at radius 3 is 2.47 bits per heavy atom. The highest BCUT2D eigenvalue weighted by molar-refractivity contribution is 5.92. The molecule has 2 rings (SSSR count). The third-order valence-corrected chi connectivity index (χ3v) is 2.83. The van der Waals surface area contributed by atoms with Crippen LogP contribution in [-0.2, 0) is 0 Å². The Bertz CT molecular complexity index is 556. The molecule has 0 saturated heterocycles. The van der Waals surface area contributed by atoms with Crippen molar-refractivity contribution in [3.8, 4) is 11.1 Å². The van der Waals surface area contributed by atoms with E-state index in [0.29, 0.717) is 5.69 Å². The van der Waals surface area contributed by atoms with Crippen LogP contribution in [0.5, 0.6) is 0 Å². The van der Waals surface area contributed by atoms with E-state index in [4.69, 9.17) is 0 Å². The lowest BCUT2D eigenvalue weighted by atomic mass is 9.99. The summed E-state index contributed by atoms with van der Waals surface area (Å²) in [6.45, 7) is 5.67. The minimum absolute atomic E-state index is 0.00230. The Morgan fingerprint density at radius 1 is 1.12 bits per heavy atom. The molecule has 17 heavy (non-hydrogen) atoms. The van der Waals surface area contributed by atoms with Gasteiger partial charge in [0.25, 0.3) is 0 Å². The van der Waals surface area contributed by atoms with E-state index in [1.165, 1.54) is 23.6 Å². The molecular formula is C15H15NO. The summed E-state index contributed by atoms with van der Waals surface area (Å²) in [5, 5.41) is 0. The van der Waals surface area contributed by atoms with E-state index in [-0.39, 0.29) is 5.78 Å². The highest BCUT2D eigenvalue weighted by atomic mass is 16.1. The topological polar surface area (TPSA) is 30.0 Å². The molecule has 2 heteroatoms. The number of pyridine rings is 1. The number of aromatic nitrogens is 1. The molecule has 0 atom stereocenters. The Morgan fingerprint density at radius 2 is 1.88 bits per heavy atom. The average Bonchev–Trinajstić information content (AvgIpc) is 2.32. The number of nitrogens with zero attached hydrogens (tertiary/aromatic N) is 1. The summed E-state index contributed by atoms with van der Waals surface area (Å²) in [5.74, 6) is -0.00230. The molecular weight excluding hydrogens is 210 g/mol. The largest absolute Gasteiger partial charge is 0.293 e. The van der Waals surface area contributed by atoms with Crippen LogP contribution in [-0.4, -0.2) is 10.8 Å². The molecule has 2 nitrogen and oxygen atoms in total. The maximum absolute atomic E-state index is 11.2. The molecule has 0 amide bonds. The third-order valence-electron chi connectivity index (χ3n) is 2.83. The number of rotatable bonds is 2. The van der Waals surface area contributed by atoms with Gasteiger partial charge in [0.15, 0.2) is 5.78 Å². The molecule has 0 spiro atoms. The molecule has 0 aliphatic heterocycles. The average molecular weight is 225 g/mol. The predicted octanol–water partition coefficient (Wildman–Crippen LogP) is 3.57. The van der Waals surface area contributed by atoms with Gasteiger partial charge in [-0.1, -0.05) is 29.8 Å². The zero-order valence-electron chi connectivity index (χ0n) is 10.3. The summed E-state index contributed by atoms with van der Waals surface area (Å²) in [6, 6.07) is 10.1. The first-order valence-electron chi connectivity index (χ1n) is 5.62. The molecule has 1 heterocycles. The van der Waals surface area contributed by atoms with Crippen LogP contribution in [0.25, 0.3) is 11.1 Å². The van der Waals surface area contributed by atoms with Gasteiger partial charge in [-0.05, 0) is 31.0 Å². The van der Waals surface area contributed by atoms with Crippen LogP contribution in [0.15, 0.2) is 36.5 Å². The number of ketones is 1. The van der Waals surface area contributed by atoms with Gasteiger partial charge >= 0.3 is 0 Å². The second kappa shape index (κ2) is 4.50. The number of carbonyl (C=O) groups is 1. The first-order chi connectivity index (χ1) is 8.08. The summed E-state index contributed by atoms with van der Waals surface area (Å²) in [7, 11) is 0. The van der Waals surface area contributed by atoms with Crippen molar-refractivity contribution in [3.05, 3.63) is 53.3 Å². The van der Waals surface area contributed by atoms with E-state index in [9.17, 15) is 4.79 Å². The molecule has 0 saturated carbocycles. The fourth-order valence-electron chi connectivity index (χ4n) is 1.81. The summed E-state index contributed by atoms with van der Waals surface area (Å²) in [4.78, 5) is 15.3. The van der Waals surface area contributed by atoms with E-state index < -0.39 is 0 Å². The van der Waals surface area contributed by atoms with Crippen LogP contribution in [0, 0.1) is 13.8 Å². The second-order valence-corrected chi connectivity index (χ2v) is 4.31. The number of Topliss-reactive ketones (excluding diaryl/α,β-unsaturated/α-hetero) is 1. The highest BCUT2D eigenvalue weighted by Gasteiger charge is 2.05. The van der Waals surface area contributed by atoms with Crippen molar-refractivity contribution in [1.82, 2.24) is 4.98 Å². The number of hydrogen-bond donors (Lipinski definition) is 0. The normalized spacial score (nSPS) is 10.3. The summed E-state index contributed by atoms with van der Waals surface area (Å²) < 4.78 is 0. The summed E-state index contributed by atoms with van der Waals surface area (Å²) >= 11 is 0. The van der Waals surface area contributed by atoms with Crippen LogP contribution in [0.4, 0.5) is 0 Å². The zero-order chi connectivity index (χ0) is 12.4. The number of aryl methyl sites for hydroxylation is 2. The van der Waals surface area contributed by atoms with Gasteiger partial charge in [-0.15, -0.1) is 0 Å². The van der Waals surface area contributed by atoms with E-state index in [1.54, 1.807) is 12.3 Å². The maximum atomic E-state index is 11.2. The van der Waals surface area contributed by atoms with Crippen molar-refractivity contribution >= 4 is 5.78 Å². The monoisotopic (exact) mass is 225 g/mol. The van der Waals surface area contributed by atoms with Crippen LogP contribution in [0.3, 0.4) is 0 Å². The van der Waals surface area contributed by atoms with Gasteiger partial charge in [0, 0.05) is 18.7 Å². The molecule has 0 fully saturated rings. The van der Waals surface area contributed by atoms with Crippen molar-refractivity contribution in [2.45, 2.75) is 20.8 Å². The minimum atomic E-state index is -0.00230. The van der Waals surface area contributed by atoms with Crippen LogP contribution >= 0.6 is 0 Å². The molecule has 0 aliphatic carbocycles.